The van der Waals surface area contributed by atoms with E-state index in [1.54, 1.807) is 23.9 Å². The fourth-order valence-corrected chi connectivity index (χ4v) is 7.79. The van der Waals surface area contributed by atoms with Gasteiger partial charge in [0.15, 0.2) is 21.8 Å². The molecule has 10 heteroatoms. The molecule has 7 nitrogen and oxygen atoms in total. The molecule has 0 amide bonds. The summed E-state index contributed by atoms with van der Waals surface area (Å²) < 4.78 is 20.7. The van der Waals surface area contributed by atoms with Crippen molar-refractivity contribution in [2.45, 2.75) is 107 Å². The Bertz CT molecular complexity index is 1050. The van der Waals surface area contributed by atoms with Crippen LogP contribution in [0.1, 0.15) is 63.4 Å². The summed E-state index contributed by atoms with van der Waals surface area (Å²) in [5, 5.41) is 11.1. The number of nitrogens with zero attached hydrogens (tertiary/aromatic N) is 2. The molecule has 38 heavy (non-hydrogen) atoms. The molecule has 0 radical (unpaired) electrons. The Morgan fingerprint density at radius 2 is 1.63 bits per heavy atom. The number of aliphatic imine (C=N–C) groups is 1. The summed E-state index contributed by atoms with van der Waals surface area (Å²) >= 11 is 1.62. The van der Waals surface area contributed by atoms with Gasteiger partial charge in [-0.15, -0.1) is 0 Å². The molecule has 1 fully saturated rings. The lowest BCUT2D eigenvalue weighted by Crippen LogP contribution is -2.58. The van der Waals surface area contributed by atoms with E-state index in [1.165, 1.54) is 0 Å². The summed E-state index contributed by atoms with van der Waals surface area (Å²) in [6.45, 7) is 22.7. The molecule has 1 aromatic rings. The smallest absolute Gasteiger partial charge is 0.335 e. The zero-order chi connectivity index (χ0) is 28.8. The van der Waals surface area contributed by atoms with Crippen molar-refractivity contribution in [3.63, 3.8) is 0 Å². The van der Waals surface area contributed by atoms with Crippen LogP contribution in [0, 0.1) is 0 Å². The van der Waals surface area contributed by atoms with Crippen LogP contribution in [-0.2, 0) is 13.6 Å². The average molecular weight is 581 g/mol. The first kappa shape index (κ1) is 31.4. The van der Waals surface area contributed by atoms with Crippen LogP contribution in [0.4, 0.5) is 0 Å². The van der Waals surface area contributed by atoms with E-state index in [4.69, 9.17) is 18.6 Å². The number of fused-ring (bicyclic) bond motifs is 1. The van der Waals surface area contributed by atoms with Crippen LogP contribution in [0.2, 0.25) is 36.3 Å². The lowest BCUT2D eigenvalue weighted by Gasteiger charge is -2.49. The number of rotatable bonds is 7. The topological polar surface area (TPSA) is 80.6 Å². The molecule has 0 saturated carbocycles. The third-order valence-corrected chi connectivity index (χ3v) is 19.0. The standard InChI is InChI=1S/C28H48N2O5SSi2/c1-27(2,3)37(9,10)33-17-20-21(18-15-13-14-16-19(18)24(31)32)23(35-38(11,12)28(4,5)6)22-25(34-20)36-26(29-22)30(7)8/h13-16,20-23,25H,17H2,1-12H3,(H,31,32)/t20-,21+,22+,23+,25+/m0/s1. The molecule has 1 N–H and O–H groups in total. The number of aromatic carboxylic acids is 1. The Balaban J connectivity index is 2.16. The van der Waals surface area contributed by atoms with Gasteiger partial charge < -0.3 is 23.6 Å². The van der Waals surface area contributed by atoms with Gasteiger partial charge in [0.05, 0.1) is 24.4 Å². The van der Waals surface area contributed by atoms with Gasteiger partial charge in [-0.05, 0) is 47.9 Å². The minimum absolute atomic E-state index is 0.0232. The molecular weight excluding hydrogens is 533 g/mol. The van der Waals surface area contributed by atoms with Gasteiger partial charge in [0, 0.05) is 20.0 Å². The summed E-state index contributed by atoms with van der Waals surface area (Å²) in [5.74, 6) is -1.29. The van der Waals surface area contributed by atoms with Gasteiger partial charge in [-0.3, -0.25) is 4.99 Å². The van der Waals surface area contributed by atoms with Crippen LogP contribution in [0.15, 0.2) is 29.3 Å². The highest BCUT2D eigenvalue weighted by Gasteiger charge is 2.54. The molecule has 0 spiro atoms. The van der Waals surface area contributed by atoms with Gasteiger partial charge in [0.25, 0.3) is 0 Å². The Morgan fingerprint density at radius 3 is 2.16 bits per heavy atom. The fraction of sp³-hybridized carbons (Fsp3) is 0.714. The number of thioether (sulfide) groups is 1. The predicted molar refractivity (Wildman–Crippen MR) is 163 cm³/mol. The molecule has 5 atom stereocenters. The SMILES string of the molecule is CN(C)C1=N[C@@H]2[C@H](O[Si](C)(C)C(C)(C)C)[C@H](c3ccccc3C(=O)O)[C@H](CO[Si](C)(C)C(C)(C)C)O[C@@H]2S1. The number of ether oxygens (including phenoxy) is 1. The van der Waals surface area contributed by atoms with Crippen LogP contribution in [-0.4, -0.2) is 82.2 Å². The maximum absolute atomic E-state index is 12.4. The van der Waals surface area contributed by atoms with E-state index in [0.717, 1.165) is 10.7 Å². The summed E-state index contributed by atoms with van der Waals surface area (Å²) in [4.78, 5) is 19.5. The summed E-state index contributed by atoms with van der Waals surface area (Å²) in [6.07, 6.45) is -0.710. The van der Waals surface area contributed by atoms with Gasteiger partial charge in [-0.2, -0.15) is 0 Å². The van der Waals surface area contributed by atoms with Gasteiger partial charge >= 0.3 is 5.97 Å². The van der Waals surface area contributed by atoms with Gasteiger partial charge in [-0.1, -0.05) is 71.5 Å². The summed E-state index contributed by atoms with van der Waals surface area (Å²) in [7, 11) is -0.381. The first-order valence-electron chi connectivity index (χ1n) is 13.5. The number of amidine groups is 1. The predicted octanol–water partition coefficient (Wildman–Crippen LogP) is 6.64. The third kappa shape index (κ3) is 6.41. The maximum Gasteiger partial charge on any atom is 0.335 e. The van der Waals surface area contributed by atoms with Crippen molar-refractivity contribution in [1.29, 1.82) is 0 Å². The van der Waals surface area contributed by atoms with Crippen LogP contribution in [0.3, 0.4) is 0 Å². The van der Waals surface area contributed by atoms with Crippen molar-refractivity contribution in [3.8, 4) is 0 Å². The first-order valence-corrected chi connectivity index (χ1v) is 20.2. The summed E-state index contributed by atoms with van der Waals surface area (Å²) in [6, 6.07) is 7.02. The second-order valence-electron chi connectivity index (χ2n) is 13.8. The number of hydrogen-bond acceptors (Lipinski definition) is 7. The van der Waals surface area contributed by atoms with E-state index in [2.05, 4.69) is 67.7 Å². The number of benzene rings is 1. The Hall–Kier alpha value is -1.18. The molecule has 2 heterocycles. The molecule has 2 aliphatic heterocycles. The van der Waals surface area contributed by atoms with E-state index in [-0.39, 0.29) is 45.2 Å². The highest BCUT2D eigenvalue weighted by Crippen LogP contribution is 2.49. The van der Waals surface area contributed by atoms with Crippen LogP contribution >= 0.6 is 11.8 Å². The van der Waals surface area contributed by atoms with Crippen molar-refractivity contribution < 1.29 is 23.5 Å². The van der Waals surface area contributed by atoms with Crippen molar-refractivity contribution in [1.82, 2.24) is 4.90 Å². The molecule has 0 unspecified atom stereocenters. The van der Waals surface area contributed by atoms with Crippen LogP contribution < -0.4 is 0 Å². The molecule has 1 aromatic carbocycles. The molecule has 0 aliphatic carbocycles. The van der Waals surface area contributed by atoms with Crippen molar-refractivity contribution in [3.05, 3.63) is 35.4 Å². The van der Waals surface area contributed by atoms with Crippen molar-refractivity contribution in [2.24, 2.45) is 4.99 Å². The summed E-state index contributed by atoms with van der Waals surface area (Å²) in [5.41, 5.74) is 0.788. The fourth-order valence-electron chi connectivity index (χ4n) is 4.30. The van der Waals surface area contributed by atoms with Crippen LogP contribution in [0.5, 0.6) is 0 Å². The number of carboxylic acid groups (broad SMARTS) is 1. The minimum atomic E-state index is -2.27. The molecular formula is C28H48N2O5SSi2. The zero-order valence-electron chi connectivity index (χ0n) is 25.3. The maximum atomic E-state index is 12.4. The molecule has 2 aliphatic rings. The lowest BCUT2D eigenvalue weighted by molar-refractivity contribution is -0.0986. The van der Waals surface area contributed by atoms with Gasteiger partial charge in [0.2, 0.25) is 0 Å². The Kier molecular flexibility index (Phi) is 9.08. The monoisotopic (exact) mass is 580 g/mol. The molecule has 3 rings (SSSR count). The molecule has 214 valence electrons. The van der Waals surface area contributed by atoms with Gasteiger partial charge in [0.1, 0.15) is 11.5 Å². The molecule has 0 aromatic heterocycles. The van der Waals surface area contributed by atoms with E-state index in [0.29, 0.717) is 6.61 Å². The lowest BCUT2D eigenvalue weighted by atomic mass is 9.81. The van der Waals surface area contributed by atoms with Crippen molar-refractivity contribution >= 4 is 39.5 Å². The molecule has 0 bridgehead atoms. The first-order chi connectivity index (χ1) is 17.3. The van der Waals surface area contributed by atoms with E-state index >= 15 is 0 Å². The highest BCUT2D eigenvalue weighted by molar-refractivity contribution is 8.14. The zero-order valence-corrected chi connectivity index (χ0v) is 28.1. The number of hydrogen-bond donors (Lipinski definition) is 1. The quantitative estimate of drug-likeness (QED) is 0.362. The third-order valence-electron chi connectivity index (χ3n) is 8.74. The van der Waals surface area contributed by atoms with E-state index < -0.39 is 22.6 Å². The number of carboxylic acids is 1. The molecule has 1 saturated heterocycles. The second kappa shape index (κ2) is 11.0. The number of carbonyl (C=O) groups is 1. The average Bonchev–Trinajstić information content (AvgIpc) is 3.20. The highest BCUT2D eigenvalue weighted by atomic mass is 32.2. The van der Waals surface area contributed by atoms with Gasteiger partial charge in [-0.25, -0.2) is 4.79 Å². The Morgan fingerprint density at radius 1 is 1.05 bits per heavy atom. The minimum Gasteiger partial charge on any atom is -0.478 e. The second-order valence-corrected chi connectivity index (χ2v) is 24.4. The van der Waals surface area contributed by atoms with E-state index in [9.17, 15) is 9.90 Å². The Labute approximate surface area is 236 Å². The van der Waals surface area contributed by atoms with Crippen LogP contribution in [0.25, 0.3) is 0 Å². The largest absolute Gasteiger partial charge is 0.478 e. The normalized spacial score (nSPS) is 26.6. The van der Waals surface area contributed by atoms with E-state index in [1.807, 2.05) is 31.1 Å². The van der Waals surface area contributed by atoms with Crippen molar-refractivity contribution in [2.75, 3.05) is 20.7 Å².